The smallest absolute Gasteiger partial charge is 0.412 e. The number of esters is 1. The van der Waals surface area contributed by atoms with Crippen molar-refractivity contribution in [3.8, 4) is 5.75 Å². The maximum absolute atomic E-state index is 16.4. The van der Waals surface area contributed by atoms with Gasteiger partial charge in [0, 0.05) is 31.1 Å². The van der Waals surface area contributed by atoms with Gasteiger partial charge in [0.15, 0.2) is 5.82 Å². The number of halogens is 1. The Labute approximate surface area is 277 Å². The summed E-state index contributed by atoms with van der Waals surface area (Å²) in [4.78, 5) is 41.4. The third-order valence-corrected chi connectivity index (χ3v) is 8.42. The lowest BCUT2D eigenvalue weighted by molar-refractivity contribution is -0.152. The van der Waals surface area contributed by atoms with Gasteiger partial charge in [0.25, 0.3) is 0 Å². The molecule has 1 heterocycles. The summed E-state index contributed by atoms with van der Waals surface area (Å²) >= 11 is 0. The highest BCUT2D eigenvalue weighted by Crippen LogP contribution is 2.44. The summed E-state index contributed by atoms with van der Waals surface area (Å²) in [5.74, 6) is 0.161. The lowest BCUT2D eigenvalue weighted by Crippen LogP contribution is -2.50. The Hall–Kier alpha value is -4.02. The predicted molar refractivity (Wildman–Crippen MR) is 178 cm³/mol. The van der Waals surface area contributed by atoms with Gasteiger partial charge >= 0.3 is 18.2 Å². The van der Waals surface area contributed by atoms with E-state index in [9.17, 15) is 19.5 Å². The average molecular weight is 656 g/mol. The summed E-state index contributed by atoms with van der Waals surface area (Å²) in [6.07, 6.45) is 0.177. The summed E-state index contributed by atoms with van der Waals surface area (Å²) in [6, 6.07) is 10.00. The van der Waals surface area contributed by atoms with Crippen LogP contribution in [0.3, 0.4) is 0 Å². The average Bonchev–Trinajstić information content (AvgIpc) is 3.29. The number of rotatable bonds is 11. The number of ether oxygens (including phenoxy) is 3. The van der Waals surface area contributed by atoms with Crippen molar-refractivity contribution in [2.24, 2.45) is 17.8 Å². The molecule has 1 fully saturated rings. The number of carboxylic acid groups (broad SMARTS) is 1. The number of nitrogens with one attached hydrogen (secondary N) is 1. The topological polar surface area (TPSA) is 118 Å². The first-order valence-corrected chi connectivity index (χ1v) is 16.4. The van der Waals surface area contributed by atoms with E-state index in [0.717, 1.165) is 23.3 Å². The van der Waals surface area contributed by atoms with Gasteiger partial charge in [-0.3, -0.25) is 9.69 Å². The summed E-state index contributed by atoms with van der Waals surface area (Å²) in [5.41, 5.74) is -0.418. The molecular weight excluding hydrogens is 605 g/mol. The van der Waals surface area contributed by atoms with E-state index < -0.39 is 41.2 Å². The second-order valence-corrected chi connectivity index (χ2v) is 15.0. The summed E-state index contributed by atoms with van der Waals surface area (Å²) in [5, 5.41) is 13.2. The Morgan fingerprint density at radius 1 is 1.02 bits per heavy atom. The lowest BCUT2D eigenvalue weighted by Gasteiger charge is -2.41. The van der Waals surface area contributed by atoms with Crippen molar-refractivity contribution >= 4 is 29.5 Å². The maximum atomic E-state index is 16.4. The van der Waals surface area contributed by atoms with Crippen molar-refractivity contribution in [3.63, 3.8) is 0 Å². The highest BCUT2D eigenvalue weighted by molar-refractivity contribution is 5.92. The van der Waals surface area contributed by atoms with Crippen LogP contribution in [0.2, 0.25) is 0 Å². The highest BCUT2D eigenvalue weighted by atomic mass is 19.1. The molecule has 0 spiro atoms. The molecule has 4 rings (SSSR count). The van der Waals surface area contributed by atoms with Crippen LogP contribution in [-0.4, -0.2) is 65.0 Å². The molecule has 0 saturated heterocycles. The van der Waals surface area contributed by atoms with Crippen LogP contribution < -0.4 is 15.0 Å². The number of nitrogens with zero attached hydrogens (tertiary/aromatic N) is 2. The second-order valence-electron chi connectivity index (χ2n) is 15.0. The fourth-order valence-electron chi connectivity index (χ4n) is 6.14. The molecule has 2 N–H and O–H groups in total. The first kappa shape index (κ1) is 35.8. The van der Waals surface area contributed by atoms with Crippen LogP contribution >= 0.6 is 0 Å². The molecule has 0 bridgehead atoms. The Balaban J connectivity index is 1.64. The number of hydrogen-bond donors (Lipinski definition) is 2. The third-order valence-electron chi connectivity index (χ3n) is 8.42. The summed E-state index contributed by atoms with van der Waals surface area (Å²) in [7, 11) is 0. The number of amides is 2. The molecule has 11 heteroatoms. The van der Waals surface area contributed by atoms with Gasteiger partial charge in [-0.05, 0) is 77.7 Å². The minimum atomic E-state index is -1.27. The molecule has 1 aliphatic heterocycles. The van der Waals surface area contributed by atoms with E-state index in [0.29, 0.717) is 18.4 Å². The molecule has 1 saturated carbocycles. The number of anilines is 2. The minimum Gasteiger partial charge on any atom is -0.487 e. The Morgan fingerprint density at radius 3 is 2.23 bits per heavy atom. The first-order chi connectivity index (χ1) is 21.9. The zero-order chi connectivity index (χ0) is 34.7. The van der Waals surface area contributed by atoms with Crippen molar-refractivity contribution < 1.29 is 38.1 Å². The maximum Gasteiger partial charge on any atom is 0.412 e. The Bertz CT molecular complexity index is 1430. The summed E-state index contributed by atoms with van der Waals surface area (Å²) in [6.45, 7) is 15.2. The molecule has 1 aliphatic carbocycles. The number of carbonyl (C=O) groups excluding carboxylic acids is 2. The predicted octanol–water partition coefficient (Wildman–Crippen LogP) is 7.49. The van der Waals surface area contributed by atoms with Crippen LogP contribution in [0.5, 0.6) is 5.75 Å². The van der Waals surface area contributed by atoms with E-state index in [1.807, 2.05) is 30.3 Å². The molecule has 2 aromatic rings. The quantitative estimate of drug-likeness (QED) is 0.239. The number of carbonyl (C=O) groups is 3. The number of hydrogen-bond acceptors (Lipinski definition) is 7. The fraction of sp³-hybridized carbons (Fsp3) is 0.583. The summed E-state index contributed by atoms with van der Waals surface area (Å²) < 4.78 is 33.6. The number of benzene rings is 2. The van der Waals surface area contributed by atoms with Gasteiger partial charge in [-0.1, -0.05) is 44.2 Å². The fourth-order valence-corrected chi connectivity index (χ4v) is 6.14. The van der Waals surface area contributed by atoms with E-state index in [2.05, 4.69) is 19.2 Å². The number of fused-ring (bicyclic) bond motifs is 1. The molecule has 258 valence electrons. The van der Waals surface area contributed by atoms with Crippen LogP contribution in [0.25, 0.3) is 0 Å². The van der Waals surface area contributed by atoms with Crippen LogP contribution in [0.4, 0.5) is 25.4 Å². The first-order valence-electron chi connectivity index (χ1n) is 16.4. The van der Waals surface area contributed by atoms with Crippen molar-refractivity contribution in [1.82, 2.24) is 4.90 Å². The van der Waals surface area contributed by atoms with E-state index >= 15 is 4.39 Å². The van der Waals surface area contributed by atoms with Gasteiger partial charge in [0.05, 0.1) is 11.7 Å². The van der Waals surface area contributed by atoms with Crippen molar-refractivity contribution in [2.75, 3.05) is 29.9 Å². The third kappa shape index (κ3) is 9.51. The van der Waals surface area contributed by atoms with E-state index in [4.69, 9.17) is 14.2 Å². The molecule has 0 radical (unpaired) electrons. The molecular formula is C36H50FN3O7. The second kappa shape index (κ2) is 14.4. The molecule has 10 nitrogen and oxygen atoms in total. The molecule has 2 aromatic carbocycles. The van der Waals surface area contributed by atoms with Crippen LogP contribution in [0, 0.1) is 23.6 Å². The molecule has 1 atom stereocenters. The molecule has 47 heavy (non-hydrogen) atoms. The monoisotopic (exact) mass is 655 g/mol. The molecule has 0 aromatic heterocycles. The Kier molecular flexibility index (Phi) is 11.0. The van der Waals surface area contributed by atoms with Crippen molar-refractivity contribution in [1.29, 1.82) is 0 Å². The van der Waals surface area contributed by atoms with Crippen LogP contribution in [0.1, 0.15) is 79.4 Å². The van der Waals surface area contributed by atoms with Gasteiger partial charge < -0.3 is 29.5 Å². The molecule has 2 aliphatic rings. The lowest BCUT2D eigenvalue weighted by atomic mass is 9.69. The van der Waals surface area contributed by atoms with E-state index in [1.54, 1.807) is 46.4 Å². The standard InChI is InChI=1S/C36H50FN3O7/c1-22(2)25-14-24(15-25)19-39(34(44)47-36(6,7)8)20-26-16-27-28(40(26)33(42)43)17-29(45-21-23-12-10-9-11-13-23)32(31(27)37)38-18-30(41)46-35(3,4)5/h9-13,17,22,24-26,38H,14-16,18-21H2,1-8H3,(H,42,43)/t24?,25?,26-/m1/s1. The largest absolute Gasteiger partial charge is 0.487 e. The van der Waals surface area contributed by atoms with Gasteiger partial charge in [0.1, 0.15) is 35.8 Å². The van der Waals surface area contributed by atoms with Crippen molar-refractivity contribution in [3.05, 3.63) is 53.3 Å². The van der Waals surface area contributed by atoms with Gasteiger partial charge in [0.2, 0.25) is 0 Å². The highest BCUT2D eigenvalue weighted by Gasteiger charge is 2.41. The molecule has 2 amide bonds. The van der Waals surface area contributed by atoms with Gasteiger partial charge in [-0.2, -0.15) is 0 Å². The zero-order valence-corrected chi connectivity index (χ0v) is 28.9. The van der Waals surface area contributed by atoms with Gasteiger partial charge in [-0.15, -0.1) is 0 Å². The molecule has 0 unspecified atom stereocenters. The van der Waals surface area contributed by atoms with Crippen molar-refractivity contribution in [2.45, 2.75) is 98.5 Å². The minimum absolute atomic E-state index is 0.0200. The Morgan fingerprint density at radius 2 is 1.66 bits per heavy atom. The normalized spacial score (nSPS) is 19.1. The van der Waals surface area contributed by atoms with Gasteiger partial charge in [-0.25, -0.2) is 14.0 Å². The zero-order valence-electron chi connectivity index (χ0n) is 28.9. The SMILES string of the molecule is CC(C)C1CC(CN(C[C@H]2Cc3c(cc(OCc4ccccc4)c(NCC(=O)OC(C)(C)C)c3F)N2C(=O)O)C(=O)OC(C)(C)C)C1. The van der Waals surface area contributed by atoms with E-state index in [-0.39, 0.29) is 54.7 Å². The van der Waals surface area contributed by atoms with Crippen LogP contribution in [0.15, 0.2) is 36.4 Å². The van der Waals surface area contributed by atoms with E-state index in [1.165, 1.54) is 6.07 Å². The van der Waals surface area contributed by atoms with Crippen LogP contribution in [-0.2, 0) is 27.3 Å².